The fourth-order valence-electron chi connectivity index (χ4n) is 1.38. The van der Waals surface area contributed by atoms with Gasteiger partial charge in [-0.3, -0.25) is 4.79 Å². The molecule has 0 saturated heterocycles. The fraction of sp³-hybridized carbons (Fsp3) is 0.867. The van der Waals surface area contributed by atoms with E-state index in [1.165, 1.54) is 0 Å². The Hall–Kier alpha value is -1.08. The highest BCUT2D eigenvalue weighted by Crippen LogP contribution is 2.36. The molecule has 0 aliphatic heterocycles. The van der Waals surface area contributed by atoms with Gasteiger partial charge in [-0.15, -0.1) is 0 Å². The summed E-state index contributed by atoms with van der Waals surface area (Å²) in [6, 6.07) is -0.792. The molecule has 0 rings (SSSR count). The maximum atomic E-state index is 11.7. The number of hydrogen-bond donors (Lipinski definition) is 2. The summed E-state index contributed by atoms with van der Waals surface area (Å²) >= 11 is 0. The summed E-state index contributed by atoms with van der Waals surface area (Å²) in [5, 5.41) is 2.59. The molecule has 6 nitrogen and oxygen atoms in total. The van der Waals surface area contributed by atoms with Crippen molar-refractivity contribution in [2.24, 2.45) is 5.73 Å². The molecular weight excluding hydrogens is 300 g/mol. The van der Waals surface area contributed by atoms with Crippen LogP contribution >= 0.6 is 0 Å². The molecule has 0 aromatic carbocycles. The number of amides is 2. The zero-order chi connectivity index (χ0) is 17.8. The van der Waals surface area contributed by atoms with E-state index in [1.54, 1.807) is 20.8 Å². The van der Waals surface area contributed by atoms with Gasteiger partial charge >= 0.3 is 6.09 Å². The van der Waals surface area contributed by atoms with Crippen molar-refractivity contribution in [1.82, 2.24) is 5.32 Å². The van der Waals surface area contributed by atoms with Gasteiger partial charge in [0.25, 0.3) is 0 Å². The van der Waals surface area contributed by atoms with E-state index in [1.807, 2.05) is 0 Å². The first-order chi connectivity index (χ1) is 9.66. The summed E-state index contributed by atoms with van der Waals surface area (Å²) in [7, 11) is -1.88. The molecule has 0 aromatic rings. The summed E-state index contributed by atoms with van der Waals surface area (Å²) in [4.78, 5) is 23.2. The summed E-state index contributed by atoms with van der Waals surface area (Å²) in [5.41, 5.74) is 4.71. The maximum Gasteiger partial charge on any atom is 0.408 e. The van der Waals surface area contributed by atoms with Gasteiger partial charge in [0.1, 0.15) is 11.6 Å². The highest BCUT2D eigenvalue weighted by atomic mass is 28.4. The van der Waals surface area contributed by atoms with Crippen LogP contribution in [0.1, 0.15) is 48.0 Å². The van der Waals surface area contributed by atoms with Crippen LogP contribution in [0.4, 0.5) is 4.79 Å². The average Bonchev–Trinajstić information content (AvgIpc) is 2.22. The molecule has 0 fully saturated rings. The van der Waals surface area contributed by atoms with E-state index < -0.39 is 32.0 Å². The molecule has 7 heteroatoms. The molecular formula is C15H32N2O4Si. The first kappa shape index (κ1) is 20.9. The average molecular weight is 333 g/mol. The van der Waals surface area contributed by atoms with Crippen molar-refractivity contribution in [1.29, 1.82) is 0 Å². The standard InChI is InChI=1S/C15H32N2O4Si/c1-14(2,3)21-13(19)17-11(12(16)18)9-10-20-22(7,8)15(4,5)6/h11H,9-10H2,1-8H3,(H2,16,18)(H,17,19). The number of ether oxygens (including phenoxy) is 1. The molecule has 0 aromatic heterocycles. The summed E-state index contributed by atoms with van der Waals surface area (Å²) in [5.74, 6) is -0.593. The van der Waals surface area contributed by atoms with E-state index >= 15 is 0 Å². The number of hydrogen-bond acceptors (Lipinski definition) is 4. The van der Waals surface area contributed by atoms with E-state index in [0.29, 0.717) is 13.0 Å². The number of alkyl carbamates (subject to hydrolysis) is 1. The lowest BCUT2D eigenvalue weighted by Gasteiger charge is -2.36. The zero-order valence-corrected chi connectivity index (χ0v) is 16.2. The van der Waals surface area contributed by atoms with Gasteiger partial charge in [0.05, 0.1) is 0 Å². The normalized spacial score (nSPS) is 14.4. The summed E-state index contributed by atoms with van der Waals surface area (Å²) in [6.07, 6.45) is -0.315. The van der Waals surface area contributed by atoms with Crippen LogP contribution in [0.5, 0.6) is 0 Å². The Bertz CT molecular complexity index is 397. The SMILES string of the molecule is CC(C)(C)OC(=O)NC(CCO[Si](C)(C)C(C)(C)C)C(N)=O. The summed E-state index contributed by atoms with van der Waals surface area (Å²) < 4.78 is 11.1. The molecule has 1 unspecified atom stereocenters. The smallest absolute Gasteiger partial charge is 0.408 e. The molecule has 0 bridgehead atoms. The number of nitrogens with one attached hydrogen (secondary N) is 1. The first-order valence-corrected chi connectivity index (χ1v) is 10.5. The lowest BCUT2D eigenvalue weighted by atomic mass is 10.2. The minimum absolute atomic E-state index is 0.0911. The van der Waals surface area contributed by atoms with E-state index in [2.05, 4.69) is 39.2 Å². The van der Waals surface area contributed by atoms with Crippen LogP contribution in [0.3, 0.4) is 0 Å². The number of primary amides is 1. The monoisotopic (exact) mass is 332 g/mol. The van der Waals surface area contributed by atoms with Crippen molar-refractivity contribution in [2.75, 3.05) is 6.61 Å². The molecule has 2 amide bonds. The zero-order valence-electron chi connectivity index (χ0n) is 15.2. The molecule has 0 saturated carbocycles. The first-order valence-electron chi connectivity index (χ1n) is 7.58. The Morgan fingerprint density at radius 3 is 2.00 bits per heavy atom. The van der Waals surface area contributed by atoms with Gasteiger partial charge in [0.2, 0.25) is 5.91 Å². The van der Waals surface area contributed by atoms with Gasteiger partial charge in [-0.2, -0.15) is 0 Å². The Morgan fingerprint density at radius 2 is 1.64 bits per heavy atom. The van der Waals surface area contributed by atoms with E-state index in [4.69, 9.17) is 14.9 Å². The second kappa shape index (κ2) is 7.46. The molecule has 0 heterocycles. The quantitative estimate of drug-likeness (QED) is 0.732. The van der Waals surface area contributed by atoms with Crippen LogP contribution in [-0.4, -0.2) is 38.6 Å². The number of rotatable bonds is 6. The number of carbonyl (C=O) groups excluding carboxylic acids is 2. The van der Waals surface area contributed by atoms with Crippen LogP contribution in [0.2, 0.25) is 18.1 Å². The molecule has 3 N–H and O–H groups in total. The molecule has 1 atom stereocenters. The van der Waals surface area contributed by atoms with Crippen molar-refractivity contribution < 1.29 is 18.8 Å². The van der Waals surface area contributed by atoms with Crippen LogP contribution in [0.25, 0.3) is 0 Å². The van der Waals surface area contributed by atoms with Gasteiger partial charge in [-0.25, -0.2) is 4.79 Å². The second-order valence-corrected chi connectivity index (χ2v) is 12.8. The number of carbonyl (C=O) groups is 2. The van der Waals surface area contributed by atoms with Crippen LogP contribution in [0, 0.1) is 0 Å². The molecule has 22 heavy (non-hydrogen) atoms. The van der Waals surface area contributed by atoms with Gasteiger partial charge < -0.3 is 20.2 Å². The Labute approximate surface area is 135 Å². The Balaban J connectivity index is 4.51. The van der Waals surface area contributed by atoms with E-state index in [-0.39, 0.29) is 5.04 Å². The molecule has 130 valence electrons. The second-order valence-electron chi connectivity index (χ2n) is 8.00. The Morgan fingerprint density at radius 1 is 1.14 bits per heavy atom. The van der Waals surface area contributed by atoms with E-state index in [0.717, 1.165) is 0 Å². The molecule has 0 spiro atoms. The van der Waals surface area contributed by atoms with Gasteiger partial charge in [-0.1, -0.05) is 20.8 Å². The summed E-state index contributed by atoms with van der Waals surface area (Å²) in [6.45, 7) is 16.3. The highest BCUT2D eigenvalue weighted by molar-refractivity contribution is 6.74. The van der Waals surface area contributed by atoms with Gasteiger partial charge in [0, 0.05) is 6.61 Å². The van der Waals surface area contributed by atoms with Crippen LogP contribution in [0.15, 0.2) is 0 Å². The maximum absolute atomic E-state index is 11.7. The van der Waals surface area contributed by atoms with Crippen LogP contribution in [-0.2, 0) is 14.0 Å². The van der Waals surface area contributed by atoms with Crippen LogP contribution < -0.4 is 11.1 Å². The Kier molecular flexibility index (Phi) is 7.09. The van der Waals surface area contributed by atoms with Gasteiger partial charge in [-0.05, 0) is 45.3 Å². The number of nitrogens with two attached hydrogens (primary N) is 1. The third kappa shape index (κ3) is 7.79. The predicted molar refractivity (Wildman–Crippen MR) is 90.1 cm³/mol. The van der Waals surface area contributed by atoms with Crippen molar-refractivity contribution in [2.45, 2.75) is 77.7 Å². The molecule has 0 aliphatic rings. The molecule has 0 radical (unpaired) electrons. The third-order valence-corrected chi connectivity index (χ3v) is 8.25. The third-order valence-electron chi connectivity index (χ3n) is 3.71. The van der Waals surface area contributed by atoms with Crippen molar-refractivity contribution in [3.8, 4) is 0 Å². The minimum atomic E-state index is -1.88. The highest BCUT2D eigenvalue weighted by Gasteiger charge is 2.37. The largest absolute Gasteiger partial charge is 0.444 e. The van der Waals surface area contributed by atoms with Gasteiger partial charge in [0.15, 0.2) is 8.32 Å². The van der Waals surface area contributed by atoms with Crippen molar-refractivity contribution >= 4 is 20.3 Å². The van der Waals surface area contributed by atoms with E-state index in [9.17, 15) is 9.59 Å². The van der Waals surface area contributed by atoms with Crippen molar-refractivity contribution in [3.63, 3.8) is 0 Å². The fourth-order valence-corrected chi connectivity index (χ4v) is 2.44. The topological polar surface area (TPSA) is 90.7 Å². The minimum Gasteiger partial charge on any atom is -0.444 e. The lowest BCUT2D eigenvalue weighted by molar-refractivity contribution is -0.120. The predicted octanol–water partition coefficient (Wildman–Crippen LogP) is 2.78. The lowest BCUT2D eigenvalue weighted by Crippen LogP contribution is -2.48. The van der Waals surface area contributed by atoms with Crippen molar-refractivity contribution in [3.05, 3.63) is 0 Å². The molecule has 0 aliphatic carbocycles.